The van der Waals surface area contributed by atoms with E-state index in [0.717, 1.165) is 6.42 Å². The van der Waals surface area contributed by atoms with Crippen molar-refractivity contribution in [1.82, 2.24) is 0 Å². The third-order valence-electron chi connectivity index (χ3n) is 4.21. The van der Waals surface area contributed by atoms with Crippen LogP contribution in [-0.4, -0.2) is 36.2 Å². The third-order valence-corrected chi connectivity index (χ3v) is 10.1. The Hall–Kier alpha value is 0.0869. The van der Waals surface area contributed by atoms with Gasteiger partial charge in [-0.25, -0.2) is 0 Å². The molecule has 0 aromatic carbocycles. The summed E-state index contributed by atoms with van der Waals surface area (Å²) in [6, 6.07) is 0. The highest BCUT2D eigenvalue weighted by atomic mass is 32.2. The average molecular weight is 294 g/mol. The summed E-state index contributed by atoms with van der Waals surface area (Å²) in [5, 5.41) is 0.204. The number of hydrogen-bond donors (Lipinski definition) is 0. The molecule has 0 spiro atoms. The van der Waals surface area contributed by atoms with Crippen LogP contribution in [0.25, 0.3) is 0 Å². The molecule has 0 amide bonds. The van der Waals surface area contributed by atoms with Gasteiger partial charge in [0.2, 0.25) is 0 Å². The Kier molecular flexibility index (Phi) is 4.69. The maximum atomic E-state index is 11.3. The summed E-state index contributed by atoms with van der Waals surface area (Å²) in [5.41, 5.74) is 0. The molecule has 1 aliphatic carbocycles. The summed E-state index contributed by atoms with van der Waals surface area (Å²) in [5.74, 6) is 0.749. The first-order valence-corrected chi connectivity index (χ1v) is 10.9. The summed E-state index contributed by atoms with van der Waals surface area (Å²) >= 11 is 0. The van der Waals surface area contributed by atoms with E-state index in [0.29, 0.717) is 12.5 Å². The molecule has 0 saturated heterocycles. The highest BCUT2D eigenvalue weighted by molar-refractivity contribution is 7.86. The second-order valence-corrected chi connectivity index (χ2v) is 13.3. The average Bonchev–Trinajstić information content (AvgIpc) is 2.91. The zero-order valence-electron chi connectivity index (χ0n) is 12.3. The van der Waals surface area contributed by atoms with E-state index in [2.05, 4.69) is 38.0 Å². The van der Waals surface area contributed by atoms with Crippen LogP contribution in [0.3, 0.4) is 0 Å². The summed E-state index contributed by atoms with van der Waals surface area (Å²) in [7, 11) is -3.80. The van der Waals surface area contributed by atoms with Gasteiger partial charge in [-0.2, -0.15) is 8.42 Å². The molecule has 1 saturated carbocycles. The van der Waals surface area contributed by atoms with Gasteiger partial charge in [0.25, 0.3) is 10.1 Å². The molecule has 1 fully saturated rings. The van der Waals surface area contributed by atoms with Crippen LogP contribution in [0, 0.1) is 11.8 Å². The Morgan fingerprint density at radius 1 is 1.22 bits per heavy atom. The molecule has 18 heavy (non-hydrogen) atoms. The van der Waals surface area contributed by atoms with Gasteiger partial charge in [-0.05, 0) is 36.4 Å². The molecule has 6 heteroatoms. The van der Waals surface area contributed by atoms with Crippen molar-refractivity contribution in [2.45, 2.75) is 45.3 Å². The first-order valence-electron chi connectivity index (χ1n) is 6.41. The van der Waals surface area contributed by atoms with Gasteiger partial charge in [0.05, 0.1) is 12.9 Å². The van der Waals surface area contributed by atoms with Crippen LogP contribution in [0.5, 0.6) is 0 Å². The standard InChI is InChI=1S/C12H26O4SSi/c1-12(2,3)18(5,6)16-8-10-7-11(10)9-17(13,14)15-4/h10-11H,7-9H2,1-6H3. The van der Waals surface area contributed by atoms with Crippen LogP contribution in [0.4, 0.5) is 0 Å². The van der Waals surface area contributed by atoms with Gasteiger partial charge in [0, 0.05) is 6.61 Å². The summed E-state index contributed by atoms with van der Waals surface area (Å²) < 4.78 is 33.2. The van der Waals surface area contributed by atoms with Crippen molar-refractivity contribution in [2.24, 2.45) is 11.8 Å². The maximum Gasteiger partial charge on any atom is 0.267 e. The van der Waals surface area contributed by atoms with Crippen molar-refractivity contribution in [3.8, 4) is 0 Å². The van der Waals surface area contributed by atoms with E-state index in [-0.39, 0.29) is 16.7 Å². The highest BCUT2D eigenvalue weighted by Gasteiger charge is 2.43. The minimum absolute atomic E-state index is 0.134. The van der Waals surface area contributed by atoms with Gasteiger partial charge >= 0.3 is 0 Å². The van der Waals surface area contributed by atoms with Crippen molar-refractivity contribution < 1.29 is 17.0 Å². The SMILES string of the molecule is COS(=O)(=O)CC1CC1CO[Si](C)(C)C(C)(C)C. The first-order chi connectivity index (χ1) is 7.98. The minimum Gasteiger partial charge on any atom is -0.417 e. The fraction of sp³-hybridized carbons (Fsp3) is 1.00. The van der Waals surface area contributed by atoms with Gasteiger partial charge < -0.3 is 4.43 Å². The molecule has 108 valence electrons. The lowest BCUT2D eigenvalue weighted by Gasteiger charge is -2.36. The molecule has 1 rings (SSSR count). The summed E-state index contributed by atoms with van der Waals surface area (Å²) in [6.07, 6.45) is 0.942. The fourth-order valence-electron chi connectivity index (χ4n) is 1.58. The van der Waals surface area contributed by atoms with Gasteiger partial charge in [0.1, 0.15) is 0 Å². The molecule has 0 bridgehead atoms. The van der Waals surface area contributed by atoms with E-state index in [1.807, 2.05) is 0 Å². The molecular formula is C12H26O4SSi. The highest BCUT2D eigenvalue weighted by Crippen LogP contribution is 2.43. The van der Waals surface area contributed by atoms with E-state index < -0.39 is 18.4 Å². The van der Waals surface area contributed by atoms with E-state index in [4.69, 9.17) is 4.43 Å². The molecule has 0 radical (unpaired) electrons. The smallest absolute Gasteiger partial charge is 0.267 e. The molecule has 4 nitrogen and oxygen atoms in total. The van der Waals surface area contributed by atoms with Crippen molar-refractivity contribution in [3.05, 3.63) is 0 Å². The zero-order chi connectivity index (χ0) is 14.2. The van der Waals surface area contributed by atoms with Gasteiger partial charge in [-0.15, -0.1) is 0 Å². The lowest BCUT2D eigenvalue weighted by atomic mass is 10.2. The first kappa shape index (κ1) is 16.1. The molecule has 0 N–H and O–H groups in total. The summed E-state index contributed by atoms with van der Waals surface area (Å²) in [4.78, 5) is 0. The second kappa shape index (κ2) is 5.23. The maximum absolute atomic E-state index is 11.3. The molecule has 1 aliphatic rings. The van der Waals surface area contributed by atoms with Gasteiger partial charge in [-0.3, -0.25) is 4.18 Å². The van der Waals surface area contributed by atoms with Crippen LogP contribution in [0.15, 0.2) is 0 Å². The lowest BCUT2D eigenvalue weighted by molar-refractivity contribution is 0.266. The Bertz CT molecular complexity index is 383. The fourth-order valence-corrected chi connectivity index (χ4v) is 3.71. The van der Waals surface area contributed by atoms with Gasteiger partial charge in [-0.1, -0.05) is 20.8 Å². The summed E-state index contributed by atoms with van der Waals surface area (Å²) in [6.45, 7) is 11.8. The van der Waals surface area contributed by atoms with Crippen LogP contribution < -0.4 is 0 Å². The van der Waals surface area contributed by atoms with Crippen LogP contribution in [-0.2, 0) is 18.7 Å². The predicted molar refractivity (Wildman–Crippen MR) is 75.5 cm³/mol. The molecule has 0 heterocycles. The minimum atomic E-state index is -3.32. The van der Waals surface area contributed by atoms with Crippen LogP contribution in [0.2, 0.25) is 18.1 Å². The molecular weight excluding hydrogens is 268 g/mol. The largest absolute Gasteiger partial charge is 0.417 e. The van der Waals surface area contributed by atoms with Crippen LogP contribution >= 0.6 is 0 Å². The van der Waals surface area contributed by atoms with E-state index in [1.165, 1.54) is 7.11 Å². The molecule has 2 unspecified atom stereocenters. The van der Waals surface area contributed by atoms with E-state index >= 15 is 0 Å². The molecule has 0 aromatic rings. The monoisotopic (exact) mass is 294 g/mol. The number of hydrogen-bond acceptors (Lipinski definition) is 4. The zero-order valence-corrected chi connectivity index (χ0v) is 14.1. The molecule has 2 atom stereocenters. The topological polar surface area (TPSA) is 52.6 Å². The Morgan fingerprint density at radius 2 is 1.78 bits per heavy atom. The Morgan fingerprint density at radius 3 is 2.22 bits per heavy atom. The van der Waals surface area contributed by atoms with Crippen molar-refractivity contribution in [1.29, 1.82) is 0 Å². The lowest BCUT2D eigenvalue weighted by Crippen LogP contribution is -2.41. The van der Waals surface area contributed by atoms with Crippen molar-refractivity contribution in [2.75, 3.05) is 19.5 Å². The van der Waals surface area contributed by atoms with E-state index in [9.17, 15) is 8.42 Å². The Balaban J connectivity index is 2.37. The molecule has 0 aromatic heterocycles. The van der Waals surface area contributed by atoms with Crippen LogP contribution in [0.1, 0.15) is 27.2 Å². The Labute approximate surface area is 112 Å². The van der Waals surface area contributed by atoms with Crippen molar-refractivity contribution in [3.63, 3.8) is 0 Å². The molecule has 0 aliphatic heterocycles. The second-order valence-electron chi connectivity index (χ2n) is 6.72. The van der Waals surface area contributed by atoms with Gasteiger partial charge in [0.15, 0.2) is 8.32 Å². The van der Waals surface area contributed by atoms with Crippen molar-refractivity contribution >= 4 is 18.4 Å². The third kappa shape index (κ3) is 4.33. The normalized spacial score (nSPS) is 25.2. The van der Waals surface area contributed by atoms with E-state index in [1.54, 1.807) is 0 Å². The predicted octanol–water partition coefficient (Wildman–Crippen LogP) is 2.62. The quantitative estimate of drug-likeness (QED) is 0.558. The number of rotatable bonds is 6.